The van der Waals surface area contributed by atoms with E-state index in [1.165, 1.54) is 11.3 Å². The highest BCUT2D eigenvalue weighted by molar-refractivity contribution is 5.36. The van der Waals surface area contributed by atoms with Gasteiger partial charge >= 0.3 is 0 Å². The minimum absolute atomic E-state index is 0.792. The fourth-order valence-electron chi connectivity index (χ4n) is 1.80. The van der Waals surface area contributed by atoms with Gasteiger partial charge in [0.25, 0.3) is 0 Å². The van der Waals surface area contributed by atoms with Gasteiger partial charge in [-0.2, -0.15) is 5.26 Å². The second-order valence-corrected chi connectivity index (χ2v) is 4.06. The van der Waals surface area contributed by atoms with E-state index in [2.05, 4.69) is 17.5 Å². The average Bonchev–Trinajstić information content (AvgIpc) is 2.34. The van der Waals surface area contributed by atoms with Crippen molar-refractivity contribution in [2.75, 3.05) is 20.3 Å². The van der Waals surface area contributed by atoms with E-state index in [-0.39, 0.29) is 0 Å². The second-order valence-electron chi connectivity index (χ2n) is 4.06. The van der Waals surface area contributed by atoms with Crippen LogP contribution in [0.1, 0.15) is 32.6 Å². The number of methoxy groups -OCH3 is 1. The second kappa shape index (κ2) is 7.08. The molecule has 0 saturated carbocycles. The van der Waals surface area contributed by atoms with Gasteiger partial charge in [0, 0.05) is 31.5 Å². The fourth-order valence-corrected chi connectivity index (χ4v) is 1.80. The molecule has 0 saturated heterocycles. The Bertz CT molecular complexity index is 323. The van der Waals surface area contributed by atoms with Crippen LogP contribution in [0.4, 0.5) is 0 Å². The Hall–Kier alpha value is -1.27. The quantitative estimate of drug-likeness (QED) is 0.572. The van der Waals surface area contributed by atoms with E-state index < -0.39 is 0 Å². The molecule has 0 heterocycles. The predicted octanol–water partition coefficient (Wildman–Crippen LogP) is 2.52. The van der Waals surface area contributed by atoms with Crippen LogP contribution < -0.4 is 5.32 Å². The number of ether oxygens (including phenoxy) is 1. The molecule has 3 heteroatoms. The van der Waals surface area contributed by atoms with E-state index in [0.717, 1.165) is 44.4 Å². The Balaban J connectivity index is 2.48. The van der Waals surface area contributed by atoms with Crippen LogP contribution in [0.5, 0.6) is 0 Å². The Morgan fingerprint density at radius 1 is 1.56 bits per heavy atom. The van der Waals surface area contributed by atoms with Gasteiger partial charge in [0.15, 0.2) is 0 Å². The van der Waals surface area contributed by atoms with E-state index in [0.29, 0.717) is 0 Å². The van der Waals surface area contributed by atoms with E-state index in [1.54, 1.807) is 7.11 Å². The Kier molecular flexibility index (Phi) is 5.66. The molecule has 0 radical (unpaired) electrons. The summed E-state index contributed by atoms with van der Waals surface area (Å²) in [5.74, 6) is 0. The lowest BCUT2D eigenvalue weighted by atomic mass is 9.96. The zero-order valence-corrected chi connectivity index (χ0v) is 10.2. The summed E-state index contributed by atoms with van der Waals surface area (Å²) >= 11 is 0. The third kappa shape index (κ3) is 4.08. The summed E-state index contributed by atoms with van der Waals surface area (Å²) in [7, 11) is 1.72. The highest BCUT2D eigenvalue weighted by atomic mass is 16.5. The first-order chi connectivity index (χ1) is 7.77. The monoisotopic (exact) mass is 220 g/mol. The molecule has 0 atom stereocenters. The smallest absolute Gasteiger partial charge is 0.0947 e. The summed E-state index contributed by atoms with van der Waals surface area (Å²) in [5.41, 5.74) is 3.28. The van der Waals surface area contributed by atoms with Crippen molar-refractivity contribution in [3.05, 3.63) is 22.9 Å². The van der Waals surface area contributed by atoms with Crippen LogP contribution >= 0.6 is 0 Å². The minimum Gasteiger partial charge on any atom is -0.388 e. The molecule has 88 valence electrons. The number of hydrogen-bond acceptors (Lipinski definition) is 3. The standard InChI is InChI=1S/C13H20N2O/c1-11(10-14)12-5-3-6-13(9-12)15-7-4-8-16-2/h9,15H,3-8H2,1-2H3. The molecule has 0 aromatic carbocycles. The Morgan fingerprint density at radius 2 is 2.38 bits per heavy atom. The molecule has 0 bridgehead atoms. The van der Waals surface area contributed by atoms with Crippen molar-refractivity contribution < 1.29 is 4.74 Å². The van der Waals surface area contributed by atoms with Crippen LogP contribution in [0.2, 0.25) is 0 Å². The first-order valence-corrected chi connectivity index (χ1v) is 5.81. The molecule has 3 nitrogen and oxygen atoms in total. The summed E-state index contributed by atoms with van der Waals surface area (Å²) in [6.07, 6.45) is 6.41. The lowest BCUT2D eigenvalue weighted by molar-refractivity contribution is 0.195. The summed E-state index contributed by atoms with van der Waals surface area (Å²) in [6, 6.07) is 2.22. The molecule has 1 aliphatic carbocycles. The van der Waals surface area contributed by atoms with Crippen molar-refractivity contribution in [1.82, 2.24) is 5.32 Å². The Morgan fingerprint density at radius 3 is 3.06 bits per heavy atom. The lowest BCUT2D eigenvalue weighted by Gasteiger charge is -2.17. The zero-order valence-electron chi connectivity index (χ0n) is 10.2. The van der Waals surface area contributed by atoms with Crippen LogP contribution in [-0.2, 0) is 4.74 Å². The van der Waals surface area contributed by atoms with Gasteiger partial charge in [0.2, 0.25) is 0 Å². The van der Waals surface area contributed by atoms with E-state index >= 15 is 0 Å². The number of nitriles is 1. The molecule has 0 amide bonds. The third-order valence-corrected chi connectivity index (χ3v) is 2.77. The van der Waals surface area contributed by atoms with E-state index in [1.807, 2.05) is 6.92 Å². The zero-order chi connectivity index (χ0) is 11.8. The molecule has 1 N–H and O–H groups in total. The van der Waals surface area contributed by atoms with Gasteiger partial charge < -0.3 is 10.1 Å². The summed E-state index contributed by atoms with van der Waals surface area (Å²) in [5, 5.41) is 12.2. The van der Waals surface area contributed by atoms with Gasteiger partial charge in [0.05, 0.1) is 6.07 Å². The van der Waals surface area contributed by atoms with Gasteiger partial charge in [-0.1, -0.05) is 0 Å². The maximum absolute atomic E-state index is 8.85. The van der Waals surface area contributed by atoms with Crippen molar-refractivity contribution in [3.8, 4) is 6.07 Å². The normalized spacial score (nSPS) is 18.7. The molecular formula is C13H20N2O. The van der Waals surface area contributed by atoms with Crippen LogP contribution in [0.25, 0.3) is 0 Å². The summed E-state index contributed by atoms with van der Waals surface area (Å²) < 4.78 is 5.00. The van der Waals surface area contributed by atoms with Crippen LogP contribution in [0.3, 0.4) is 0 Å². The molecule has 1 aliphatic rings. The first-order valence-electron chi connectivity index (χ1n) is 5.81. The lowest BCUT2D eigenvalue weighted by Crippen LogP contribution is -2.18. The number of hydrogen-bond donors (Lipinski definition) is 1. The highest BCUT2D eigenvalue weighted by Crippen LogP contribution is 2.23. The minimum atomic E-state index is 0.792. The number of rotatable bonds is 5. The molecule has 0 unspecified atom stereocenters. The van der Waals surface area contributed by atoms with Crippen molar-refractivity contribution in [2.24, 2.45) is 0 Å². The number of nitrogens with one attached hydrogen (secondary N) is 1. The molecule has 1 rings (SSSR count). The maximum Gasteiger partial charge on any atom is 0.0947 e. The summed E-state index contributed by atoms with van der Waals surface area (Å²) in [6.45, 7) is 3.62. The number of nitrogens with zero attached hydrogens (tertiary/aromatic N) is 1. The molecule has 0 aliphatic heterocycles. The SMILES string of the molecule is COCCCNC1=CC(=C(C)C#N)CCC1. The van der Waals surface area contributed by atoms with Crippen LogP contribution in [0.15, 0.2) is 22.9 Å². The Labute approximate surface area is 97.8 Å². The van der Waals surface area contributed by atoms with Gasteiger partial charge in [-0.3, -0.25) is 0 Å². The average molecular weight is 220 g/mol. The first kappa shape index (κ1) is 12.8. The van der Waals surface area contributed by atoms with Gasteiger partial charge in [0.1, 0.15) is 0 Å². The van der Waals surface area contributed by atoms with Crippen molar-refractivity contribution >= 4 is 0 Å². The van der Waals surface area contributed by atoms with Crippen LogP contribution in [-0.4, -0.2) is 20.3 Å². The molecule has 0 aromatic rings. The van der Waals surface area contributed by atoms with Gasteiger partial charge in [-0.05, 0) is 44.3 Å². The van der Waals surface area contributed by atoms with Gasteiger partial charge in [-0.15, -0.1) is 0 Å². The largest absolute Gasteiger partial charge is 0.388 e. The van der Waals surface area contributed by atoms with E-state index in [4.69, 9.17) is 10.00 Å². The van der Waals surface area contributed by atoms with Crippen LogP contribution in [0, 0.1) is 11.3 Å². The molecule has 0 spiro atoms. The van der Waals surface area contributed by atoms with E-state index in [9.17, 15) is 0 Å². The topological polar surface area (TPSA) is 45.0 Å². The maximum atomic E-state index is 8.85. The van der Waals surface area contributed by atoms with Crippen molar-refractivity contribution in [3.63, 3.8) is 0 Å². The highest BCUT2D eigenvalue weighted by Gasteiger charge is 2.09. The van der Waals surface area contributed by atoms with Crippen molar-refractivity contribution in [2.45, 2.75) is 32.6 Å². The molecule has 0 aromatic heterocycles. The number of allylic oxidation sites excluding steroid dienone is 4. The summed E-state index contributed by atoms with van der Waals surface area (Å²) in [4.78, 5) is 0. The molecular weight excluding hydrogens is 200 g/mol. The fraction of sp³-hybridized carbons (Fsp3) is 0.615. The van der Waals surface area contributed by atoms with Crippen molar-refractivity contribution in [1.29, 1.82) is 5.26 Å². The molecule has 0 fully saturated rings. The molecule has 16 heavy (non-hydrogen) atoms. The van der Waals surface area contributed by atoms with Gasteiger partial charge in [-0.25, -0.2) is 0 Å². The third-order valence-electron chi connectivity index (χ3n) is 2.77. The predicted molar refractivity (Wildman–Crippen MR) is 64.7 cm³/mol.